The maximum absolute atomic E-state index is 13.8. The van der Waals surface area contributed by atoms with Gasteiger partial charge in [0.2, 0.25) is 5.88 Å². The summed E-state index contributed by atoms with van der Waals surface area (Å²) in [5.41, 5.74) is -0.329. The lowest BCUT2D eigenvalue weighted by Crippen LogP contribution is -2.49. The molecule has 0 bridgehead atoms. The van der Waals surface area contributed by atoms with Crippen molar-refractivity contribution in [1.82, 2.24) is 20.1 Å². The number of aliphatic hydroxyl groups excluding tert-OH is 1. The van der Waals surface area contributed by atoms with Gasteiger partial charge in [0.15, 0.2) is 0 Å². The van der Waals surface area contributed by atoms with Gasteiger partial charge in [-0.3, -0.25) is 0 Å². The van der Waals surface area contributed by atoms with Crippen molar-refractivity contribution < 1.29 is 28.9 Å². The lowest BCUT2D eigenvalue weighted by Gasteiger charge is -2.39. The van der Waals surface area contributed by atoms with Crippen LogP contribution in [0.15, 0.2) is 24.4 Å². The van der Waals surface area contributed by atoms with Crippen molar-refractivity contribution in [3.8, 4) is 5.88 Å². The number of nitrogens with one attached hydrogen (secondary N) is 1. The summed E-state index contributed by atoms with van der Waals surface area (Å²) >= 11 is 0. The first-order valence-corrected chi connectivity index (χ1v) is 15.7. The van der Waals surface area contributed by atoms with Crippen LogP contribution in [0.4, 0.5) is 21.1 Å². The van der Waals surface area contributed by atoms with Crippen LogP contribution in [0.25, 0.3) is 0 Å². The Morgan fingerprint density at radius 3 is 2.23 bits per heavy atom. The fraction of sp³-hybridized carbons (Fsp3) is 0.697. The summed E-state index contributed by atoms with van der Waals surface area (Å²) in [6, 6.07) is 5.47. The normalized spacial score (nSPS) is 23.0. The number of alkyl carbamates (subject to hydrolysis) is 1. The van der Waals surface area contributed by atoms with Crippen molar-refractivity contribution in [2.24, 2.45) is 5.92 Å². The van der Waals surface area contributed by atoms with Crippen molar-refractivity contribution in [2.75, 3.05) is 4.90 Å². The molecule has 2 saturated carbocycles. The van der Waals surface area contributed by atoms with Gasteiger partial charge in [-0.25, -0.2) is 24.2 Å². The van der Waals surface area contributed by atoms with Gasteiger partial charge in [-0.15, -0.1) is 0 Å². The van der Waals surface area contributed by atoms with Crippen LogP contribution in [0.3, 0.4) is 0 Å². The van der Waals surface area contributed by atoms with Gasteiger partial charge in [0.1, 0.15) is 23.1 Å². The number of aliphatic hydroxyl groups is 1. The van der Waals surface area contributed by atoms with Gasteiger partial charge in [-0.2, -0.15) is 5.10 Å². The number of anilines is 2. The smallest absolute Gasteiger partial charge is 0.420 e. The summed E-state index contributed by atoms with van der Waals surface area (Å²) in [6.45, 7) is 19.1. The zero-order valence-electron chi connectivity index (χ0n) is 28.0. The van der Waals surface area contributed by atoms with E-state index in [0.717, 1.165) is 31.4 Å². The summed E-state index contributed by atoms with van der Waals surface area (Å²) in [5, 5.41) is 18.1. The minimum absolute atomic E-state index is 0.0377. The van der Waals surface area contributed by atoms with Crippen molar-refractivity contribution in [3.05, 3.63) is 30.1 Å². The van der Waals surface area contributed by atoms with E-state index in [9.17, 15) is 14.7 Å². The van der Waals surface area contributed by atoms with E-state index in [4.69, 9.17) is 19.3 Å². The third kappa shape index (κ3) is 8.64. The molecule has 2 aliphatic carbocycles. The van der Waals surface area contributed by atoms with E-state index in [1.807, 2.05) is 80.0 Å². The lowest BCUT2D eigenvalue weighted by atomic mass is 9.77. The van der Waals surface area contributed by atoms with Gasteiger partial charge in [0.05, 0.1) is 23.0 Å². The number of amides is 2. The van der Waals surface area contributed by atoms with Crippen molar-refractivity contribution in [3.63, 3.8) is 0 Å². The molecule has 11 heteroatoms. The highest BCUT2D eigenvalue weighted by atomic mass is 16.6. The molecule has 0 aromatic carbocycles. The van der Waals surface area contributed by atoms with E-state index in [-0.39, 0.29) is 30.1 Å². The Labute approximate surface area is 261 Å². The quantitative estimate of drug-likeness (QED) is 0.349. The van der Waals surface area contributed by atoms with E-state index in [0.29, 0.717) is 23.8 Å². The topological polar surface area (TPSA) is 128 Å². The highest BCUT2D eigenvalue weighted by molar-refractivity contribution is 5.95. The number of hydrogen-bond acceptors (Lipinski definition) is 8. The van der Waals surface area contributed by atoms with Gasteiger partial charge < -0.3 is 24.6 Å². The average Bonchev–Trinajstić information content (AvgIpc) is 3.46. The molecule has 2 heterocycles. The average molecular weight is 614 g/mol. The summed E-state index contributed by atoms with van der Waals surface area (Å²) in [4.78, 5) is 32.0. The number of ether oxygens (including phenoxy) is 3. The minimum atomic E-state index is -0.727. The molecule has 11 nitrogen and oxygen atoms in total. The largest absolute Gasteiger partial charge is 0.474 e. The first kappa shape index (κ1) is 33.6. The van der Waals surface area contributed by atoms with Crippen LogP contribution in [0, 0.1) is 5.92 Å². The van der Waals surface area contributed by atoms with Gasteiger partial charge in [0.25, 0.3) is 0 Å². The third-order valence-corrected chi connectivity index (χ3v) is 7.82. The van der Waals surface area contributed by atoms with Crippen LogP contribution >= 0.6 is 0 Å². The molecule has 4 rings (SSSR count). The molecule has 2 fully saturated rings. The summed E-state index contributed by atoms with van der Waals surface area (Å²) < 4.78 is 19.4. The second-order valence-electron chi connectivity index (χ2n) is 15.2. The number of nitrogens with zero attached hydrogens (tertiary/aromatic N) is 4. The van der Waals surface area contributed by atoms with Crippen LogP contribution < -0.4 is 15.0 Å². The molecule has 0 unspecified atom stereocenters. The Balaban J connectivity index is 1.57. The molecule has 2 amide bonds. The number of carbonyl (C=O) groups excluding carboxylic acids is 2. The Hall–Kier alpha value is -3.34. The minimum Gasteiger partial charge on any atom is -0.474 e. The van der Waals surface area contributed by atoms with Gasteiger partial charge in [-0.1, -0.05) is 0 Å². The molecular formula is C33H51N5O6. The lowest BCUT2D eigenvalue weighted by molar-refractivity contribution is 0.0339. The molecule has 2 aromatic rings. The second-order valence-corrected chi connectivity index (χ2v) is 15.2. The molecule has 44 heavy (non-hydrogen) atoms. The van der Waals surface area contributed by atoms with Crippen molar-refractivity contribution >= 4 is 23.7 Å². The molecule has 0 radical (unpaired) electrons. The van der Waals surface area contributed by atoms with E-state index in [2.05, 4.69) is 10.3 Å². The number of rotatable bonds is 7. The fourth-order valence-electron chi connectivity index (χ4n) is 5.63. The number of carbonyl (C=O) groups is 2. The van der Waals surface area contributed by atoms with Crippen molar-refractivity contribution in [2.45, 2.75) is 142 Å². The van der Waals surface area contributed by atoms with Gasteiger partial charge >= 0.3 is 12.2 Å². The third-order valence-electron chi connectivity index (χ3n) is 7.82. The summed E-state index contributed by atoms with van der Waals surface area (Å²) in [6.07, 6.45) is 3.93. The van der Waals surface area contributed by atoms with Gasteiger partial charge in [0, 0.05) is 30.3 Å². The molecule has 244 valence electrons. The molecule has 0 aliphatic heterocycles. The van der Waals surface area contributed by atoms with Crippen LogP contribution in [0.5, 0.6) is 5.88 Å². The molecule has 2 N–H and O–H groups in total. The zero-order chi connectivity index (χ0) is 32.6. The Bertz CT molecular complexity index is 1320. The SMILES string of the molecule is C[C@H](Oc1cc(N(C(=O)OC(C)(C)C)c2cc([C@H]3CC[C@@H](O)C3)nn2C(C)(C)C)ccn1)C1CC(NC(=O)OC(C)(C)C)C1. The Morgan fingerprint density at radius 2 is 1.66 bits per heavy atom. The maximum atomic E-state index is 13.8. The van der Waals surface area contributed by atoms with Crippen molar-refractivity contribution in [1.29, 1.82) is 0 Å². The van der Waals surface area contributed by atoms with E-state index in [1.165, 1.54) is 4.90 Å². The molecule has 3 atom stereocenters. The van der Waals surface area contributed by atoms with E-state index < -0.39 is 28.9 Å². The van der Waals surface area contributed by atoms with Gasteiger partial charge in [-0.05, 0) is 113 Å². The first-order chi connectivity index (χ1) is 20.3. The highest BCUT2D eigenvalue weighted by Gasteiger charge is 2.37. The Kier molecular flexibility index (Phi) is 9.59. The predicted molar refractivity (Wildman–Crippen MR) is 168 cm³/mol. The monoisotopic (exact) mass is 613 g/mol. The second kappa shape index (κ2) is 12.6. The maximum Gasteiger partial charge on any atom is 0.420 e. The summed E-state index contributed by atoms with van der Waals surface area (Å²) in [7, 11) is 0. The number of aromatic nitrogens is 3. The number of hydrogen-bond donors (Lipinski definition) is 2. The highest BCUT2D eigenvalue weighted by Crippen LogP contribution is 2.40. The molecular weight excluding hydrogens is 562 g/mol. The Morgan fingerprint density at radius 1 is 1.00 bits per heavy atom. The predicted octanol–water partition coefficient (Wildman–Crippen LogP) is 6.81. The van der Waals surface area contributed by atoms with Crippen LogP contribution in [-0.2, 0) is 15.0 Å². The van der Waals surface area contributed by atoms with Crippen LogP contribution in [0.2, 0.25) is 0 Å². The van der Waals surface area contributed by atoms with Crippen LogP contribution in [-0.4, -0.2) is 61.5 Å². The van der Waals surface area contributed by atoms with E-state index in [1.54, 1.807) is 18.3 Å². The van der Waals surface area contributed by atoms with Crippen LogP contribution in [0.1, 0.15) is 113 Å². The van der Waals surface area contributed by atoms with E-state index >= 15 is 0 Å². The molecule has 2 aliphatic rings. The molecule has 2 aromatic heterocycles. The first-order valence-electron chi connectivity index (χ1n) is 15.7. The number of pyridine rings is 1. The zero-order valence-corrected chi connectivity index (χ0v) is 28.0. The summed E-state index contributed by atoms with van der Waals surface area (Å²) in [5.74, 6) is 1.30. The molecule has 0 spiro atoms. The standard InChI is InChI=1S/C33H51N5O6/c1-20(22-15-23(16-22)35-29(40)43-32(5,6)7)42-27-18-24(13-14-34-27)37(30(41)44-33(8,9)10)28-19-26(21-11-12-25(39)17-21)36-38(28)31(2,3)4/h13-14,18-23,25,39H,11-12,15-17H2,1-10H3,(H,35,40)/t20-,21-,22?,23?,25+/m0/s1. The fourth-order valence-corrected chi connectivity index (χ4v) is 5.63. The molecule has 0 saturated heterocycles.